The highest BCUT2D eigenvalue weighted by atomic mass is 16.4. The summed E-state index contributed by atoms with van der Waals surface area (Å²) >= 11 is 0. The van der Waals surface area contributed by atoms with E-state index in [9.17, 15) is 9.59 Å². The largest absolute Gasteiger partial charge is 0.459 e. The molecule has 8 nitrogen and oxygen atoms in total. The van der Waals surface area contributed by atoms with Gasteiger partial charge in [-0.05, 0) is 44.0 Å². The van der Waals surface area contributed by atoms with Crippen LogP contribution in [-0.2, 0) is 6.42 Å². The summed E-state index contributed by atoms with van der Waals surface area (Å²) in [6, 6.07) is 13.5. The first-order valence-corrected chi connectivity index (χ1v) is 11.2. The molecule has 0 radical (unpaired) electrons. The number of fused-ring (bicyclic) bond motifs is 1. The second-order valence-electron chi connectivity index (χ2n) is 8.30. The number of hydrazone groups is 1. The lowest BCUT2D eigenvalue weighted by Crippen LogP contribution is -2.48. The Bertz CT molecular complexity index is 1170. The molecule has 1 fully saturated rings. The molecule has 1 aliphatic carbocycles. The van der Waals surface area contributed by atoms with E-state index >= 15 is 0 Å². The first-order valence-electron chi connectivity index (χ1n) is 11.2. The number of benzene rings is 1. The van der Waals surface area contributed by atoms with Crippen LogP contribution in [-0.4, -0.2) is 48.6 Å². The van der Waals surface area contributed by atoms with Crippen molar-refractivity contribution in [3.63, 3.8) is 0 Å². The molecule has 1 N–H and O–H groups in total. The molecule has 1 aromatic carbocycles. The Balaban J connectivity index is 1.31. The average Bonchev–Trinajstić information content (AvgIpc) is 3.52. The van der Waals surface area contributed by atoms with Crippen molar-refractivity contribution in [2.24, 2.45) is 5.10 Å². The summed E-state index contributed by atoms with van der Waals surface area (Å²) in [5.41, 5.74) is 6.08. The molecule has 3 aromatic rings. The number of para-hydroxylation sites is 1. The van der Waals surface area contributed by atoms with Crippen molar-refractivity contribution in [2.75, 3.05) is 31.1 Å². The Labute approximate surface area is 191 Å². The minimum absolute atomic E-state index is 0.0893. The highest BCUT2D eigenvalue weighted by molar-refractivity contribution is 6.07. The SMILES string of the molecule is Cc1c(C(=O)N2CCN(c3ccccc3)CC2)oc2c1/C(=N/NC(=O)c1ccco1)CCC2. The topological polar surface area (TPSA) is 91.3 Å². The minimum Gasteiger partial charge on any atom is -0.459 e. The van der Waals surface area contributed by atoms with Crippen LogP contribution in [0, 0.1) is 6.92 Å². The van der Waals surface area contributed by atoms with Gasteiger partial charge < -0.3 is 18.6 Å². The number of aryl methyl sites for hydroxylation is 1. The van der Waals surface area contributed by atoms with Gasteiger partial charge in [0.1, 0.15) is 5.76 Å². The molecule has 0 unspecified atom stereocenters. The van der Waals surface area contributed by atoms with Gasteiger partial charge in [0.05, 0.1) is 12.0 Å². The number of carbonyl (C=O) groups is 2. The monoisotopic (exact) mass is 446 g/mol. The Hall–Kier alpha value is -3.81. The van der Waals surface area contributed by atoms with E-state index in [4.69, 9.17) is 8.83 Å². The molecule has 5 rings (SSSR count). The number of piperazine rings is 1. The fourth-order valence-electron chi connectivity index (χ4n) is 4.52. The number of nitrogens with one attached hydrogen (secondary N) is 1. The highest BCUT2D eigenvalue weighted by Gasteiger charge is 2.31. The number of anilines is 1. The van der Waals surface area contributed by atoms with Gasteiger partial charge in [0.15, 0.2) is 11.5 Å². The zero-order valence-electron chi connectivity index (χ0n) is 18.5. The summed E-state index contributed by atoms with van der Waals surface area (Å²) in [5, 5.41) is 4.34. The fraction of sp³-hybridized carbons (Fsp3) is 0.320. The summed E-state index contributed by atoms with van der Waals surface area (Å²) in [7, 11) is 0. The van der Waals surface area contributed by atoms with Crippen LogP contribution in [0.4, 0.5) is 5.69 Å². The summed E-state index contributed by atoms with van der Waals surface area (Å²) in [6.45, 7) is 4.73. The van der Waals surface area contributed by atoms with Gasteiger partial charge in [-0.15, -0.1) is 0 Å². The quantitative estimate of drug-likeness (QED) is 0.618. The molecule has 1 saturated heterocycles. The molecule has 0 atom stereocenters. The fourth-order valence-corrected chi connectivity index (χ4v) is 4.52. The molecule has 33 heavy (non-hydrogen) atoms. The lowest BCUT2D eigenvalue weighted by Gasteiger charge is -2.35. The molecule has 2 aliphatic rings. The van der Waals surface area contributed by atoms with Gasteiger partial charge in [-0.2, -0.15) is 5.10 Å². The summed E-state index contributed by atoms with van der Waals surface area (Å²) in [6.07, 6.45) is 3.74. The molecular weight excluding hydrogens is 420 g/mol. The van der Waals surface area contributed by atoms with E-state index in [1.165, 1.54) is 12.0 Å². The van der Waals surface area contributed by atoms with Crippen molar-refractivity contribution in [1.82, 2.24) is 10.3 Å². The summed E-state index contributed by atoms with van der Waals surface area (Å²) in [4.78, 5) is 29.6. The van der Waals surface area contributed by atoms with Gasteiger partial charge in [0, 0.05) is 49.4 Å². The molecule has 3 heterocycles. The maximum absolute atomic E-state index is 13.3. The van der Waals surface area contributed by atoms with Crippen molar-refractivity contribution in [3.8, 4) is 0 Å². The van der Waals surface area contributed by atoms with Crippen LogP contribution in [0.15, 0.2) is 62.7 Å². The van der Waals surface area contributed by atoms with Crippen LogP contribution < -0.4 is 10.3 Å². The second-order valence-corrected chi connectivity index (χ2v) is 8.30. The number of amides is 2. The smallest absolute Gasteiger partial charge is 0.307 e. The van der Waals surface area contributed by atoms with Crippen LogP contribution in [0.1, 0.15) is 50.8 Å². The van der Waals surface area contributed by atoms with Crippen molar-refractivity contribution in [1.29, 1.82) is 0 Å². The number of rotatable bonds is 4. The lowest BCUT2D eigenvalue weighted by atomic mass is 9.93. The first kappa shape index (κ1) is 21.1. The molecule has 2 amide bonds. The first-order chi connectivity index (χ1) is 16.1. The lowest BCUT2D eigenvalue weighted by molar-refractivity contribution is 0.0711. The van der Waals surface area contributed by atoms with Crippen LogP contribution in [0.5, 0.6) is 0 Å². The molecule has 0 saturated carbocycles. The molecule has 170 valence electrons. The van der Waals surface area contributed by atoms with Gasteiger partial charge in [-0.3, -0.25) is 9.59 Å². The van der Waals surface area contributed by atoms with E-state index in [2.05, 4.69) is 27.6 Å². The van der Waals surface area contributed by atoms with Gasteiger partial charge in [0.25, 0.3) is 5.91 Å². The Morgan fingerprint density at radius 3 is 2.52 bits per heavy atom. The third-order valence-corrected chi connectivity index (χ3v) is 6.25. The van der Waals surface area contributed by atoms with Gasteiger partial charge >= 0.3 is 5.91 Å². The molecule has 1 aliphatic heterocycles. The maximum Gasteiger partial charge on any atom is 0.307 e. The van der Waals surface area contributed by atoms with Gasteiger partial charge in [0.2, 0.25) is 0 Å². The standard InChI is InChI=1S/C25H26N4O4/c1-17-22-19(26-27-24(30)21-11-6-16-32-21)9-5-10-20(22)33-23(17)25(31)29-14-12-28(13-15-29)18-7-3-2-4-8-18/h2-4,6-8,11,16H,5,9-10,12-15H2,1H3,(H,27,30)/b26-19+. The zero-order valence-corrected chi connectivity index (χ0v) is 18.5. The molecule has 8 heteroatoms. The molecule has 0 spiro atoms. The highest BCUT2D eigenvalue weighted by Crippen LogP contribution is 2.31. The Morgan fingerprint density at radius 1 is 1.00 bits per heavy atom. The van der Waals surface area contributed by atoms with E-state index < -0.39 is 5.91 Å². The third-order valence-electron chi connectivity index (χ3n) is 6.25. The van der Waals surface area contributed by atoms with Crippen molar-refractivity contribution < 1.29 is 18.4 Å². The van der Waals surface area contributed by atoms with Crippen LogP contribution in [0.25, 0.3) is 0 Å². The Kier molecular flexibility index (Phi) is 5.73. The van der Waals surface area contributed by atoms with E-state index in [1.807, 2.05) is 30.0 Å². The summed E-state index contributed by atoms with van der Waals surface area (Å²) in [5.74, 6) is 0.836. The van der Waals surface area contributed by atoms with Gasteiger partial charge in [-0.1, -0.05) is 18.2 Å². The normalized spacial score (nSPS) is 17.2. The van der Waals surface area contributed by atoms with E-state index in [0.717, 1.165) is 48.5 Å². The van der Waals surface area contributed by atoms with Crippen LogP contribution >= 0.6 is 0 Å². The summed E-state index contributed by atoms with van der Waals surface area (Å²) < 4.78 is 11.2. The zero-order chi connectivity index (χ0) is 22.8. The van der Waals surface area contributed by atoms with Crippen molar-refractivity contribution >= 4 is 23.2 Å². The van der Waals surface area contributed by atoms with E-state index in [0.29, 0.717) is 25.3 Å². The predicted molar refractivity (Wildman–Crippen MR) is 124 cm³/mol. The third kappa shape index (κ3) is 4.16. The molecular formula is C25H26N4O4. The molecule has 2 aromatic heterocycles. The van der Waals surface area contributed by atoms with Crippen molar-refractivity contribution in [2.45, 2.75) is 26.2 Å². The number of hydrogen-bond donors (Lipinski definition) is 1. The van der Waals surface area contributed by atoms with Crippen LogP contribution in [0.3, 0.4) is 0 Å². The second kappa shape index (κ2) is 8.97. The van der Waals surface area contributed by atoms with E-state index in [1.54, 1.807) is 12.1 Å². The average molecular weight is 447 g/mol. The van der Waals surface area contributed by atoms with Crippen molar-refractivity contribution in [3.05, 3.63) is 77.1 Å². The number of hydrogen-bond acceptors (Lipinski definition) is 6. The van der Waals surface area contributed by atoms with E-state index in [-0.39, 0.29) is 11.7 Å². The number of furan rings is 2. The van der Waals surface area contributed by atoms with Crippen LogP contribution in [0.2, 0.25) is 0 Å². The maximum atomic E-state index is 13.3. The number of nitrogens with zero attached hydrogens (tertiary/aromatic N) is 3. The van der Waals surface area contributed by atoms with Gasteiger partial charge in [-0.25, -0.2) is 5.43 Å². The minimum atomic E-state index is -0.409. The Morgan fingerprint density at radius 2 is 1.79 bits per heavy atom. The predicted octanol–water partition coefficient (Wildman–Crippen LogP) is 3.61. The number of carbonyl (C=O) groups excluding carboxylic acids is 2. The molecule has 0 bridgehead atoms.